The number of nitrogens with zero attached hydrogens (tertiary/aromatic N) is 2. The van der Waals surface area contributed by atoms with E-state index in [0.29, 0.717) is 57.0 Å². The lowest BCUT2D eigenvalue weighted by Gasteiger charge is -2.23. The molecule has 1 atom stereocenters. The van der Waals surface area contributed by atoms with E-state index < -0.39 is 12.0 Å². The number of fused-ring (bicyclic) bond motifs is 1. The third-order valence-corrected chi connectivity index (χ3v) is 7.73. The number of ether oxygens (including phenoxy) is 4. The Morgan fingerprint density at radius 2 is 1.76 bits per heavy atom. The molecule has 0 radical (unpaired) electrons. The summed E-state index contributed by atoms with van der Waals surface area (Å²) in [7, 11) is 1.30. The number of hydrogen-bond acceptors (Lipinski definition) is 8. The van der Waals surface area contributed by atoms with Crippen LogP contribution in [0.1, 0.15) is 36.6 Å². The van der Waals surface area contributed by atoms with E-state index in [1.165, 1.54) is 29.2 Å². The van der Waals surface area contributed by atoms with Crippen LogP contribution in [-0.2, 0) is 16.1 Å². The first-order chi connectivity index (χ1) is 20.4. The first kappa shape index (κ1) is 29.2. The van der Waals surface area contributed by atoms with Crippen molar-refractivity contribution in [2.45, 2.75) is 26.5 Å². The van der Waals surface area contributed by atoms with Crippen molar-refractivity contribution in [1.29, 1.82) is 0 Å². The standard InChI is InChI=1S/C32H29ClN2O6S/c1-4-39-26-14-11-22(17-27(26)40-5-2)29-25(31(37)38-3)18-34-32-35(29)30(36)28(42-32)16-21-7-6-8-24(15-21)41-19-20-9-12-23(33)13-10-20/h6-18,29H,4-5,19H2,1-3H3/b28-16+/t29-/m1/s1. The Bertz CT molecular complexity index is 1810. The molecule has 0 saturated heterocycles. The Balaban J connectivity index is 1.53. The average molecular weight is 605 g/mol. The van der Waals surface area contributed by atoms with Crippen LogP contribution < -0.4 is 29.1 Å². The molecular weight excluding hydrogens is 576 g/mol. The lowest BCUT2D eigenvalue weighted by atomic mass is 9.97. The van der Waals surface area contributed by atoms with Crippen molar-refractivity contribution < 1.29 is 23.7 Å². The van der Waals surface area contributed by atoms with Crippen LogP contribution in [0.15, 0.2) is 88.3 Å². The molecule has 42 heavy (non-hydrogen) atoms. The van der Waals surface area contributed by atoms with E-state index in [2.05, 4.69) is 4.99 Å². The van der Waals surface area contributed by atoms with Gasteiger partial charge in [0, 0.05) is 11.2 Å². The minimum absolute atomic E-state index is 0.237. The second-order valence-electron chi connectivity index (χ2n) is 9.24. The highest BCUT2D eigenvalue weighted by molar-refractivity contribution is 7.07. The monoisotopic (exact) mass is 604 g/mol. The predicted octanol–water partition coefficient (Wildman–Crippen LogP) is 5.05. The summed E-state index contributed by atoms with van der Waals surface area (Å²) in [5.41, 5.74) is 2.40. The van der Waals surface area contributed by atoms with Gasteiger partial charge in [0.1, 0.15) is 12.4 Å². The maximum absolute atomic E-state index is 13.9. The summed E-state index contributed by atoms with van der Waals surface area (Å²) in [5.74, 6) is 1.19. The molecule has 1 aromatic heterocycles. The highest BCUT2D eigenvalue weighted by Crippen LogP contribution is 2.35. The number of halogens is 1. The second kappa shape index (κ2) is 13.1. The third-order valence-electron chi connectivity index (χ3n) is 6.48. The first-order valence-electron chi connectivity index (χ1n) is 13.4. The Morgan fingerprint density at radius 1 is 1.00 bits per heavy atom. The topological polar surface area (TPSA) is 88.4 Å². The summed E-state index contributed by atoms with van der Waals surface area (Å²) in [5, 5.41) is 0.667. The molecule has 0 spiro atoms. The van der Waals surface area contributed by atoms with E-state index in [4.69, 9.17) is 30.5 Å². The molecule has 0 saturated carbocycles. The van der Waals surface area contributed by atoms with Crippen molar-refractivity contribution in [3.63, 3.8) is 0 Å². The molecule has 1 aliphatic rings. The van der Waals surface area contributed by atoms with Crippen LogP contribution in [0.2, 0.25) is 5.02 Å². The molecule has 0 bridgehead atoms. The molecule has 4 aromatic rings. The van der Waals surface area contributed by atoms with Crippen molar-refractivity contribution in [3.05, 3.63) is 120 Å². The molecule has 0 unspecified atom stereocenters. The van der Waals surface area contributed by atoms with Crippen molar-refractivity contribution in [2.75, 3.05) is 20.3 Å². The zero-order chi connectivity index (χ0) is 29.6. The van der Waals surface area contributed by atoms with Crippen LogP contribution >= 0.6 is 22.9 Å². The van der Waals surface area contributed by atoms with Gasteiger partial charge in [-0.25, -0.2) is 9.79 Å². The Labute approximate surface area is 251 Å². The summed E-state index contributed by atoms with van der Waals surface area (Å²) in [6, 6.07) is 19.6. The molecule has 216 valence electrons. The number of thiazole rings is 1. The third kappa shape index (κ3) is 6.27. The molecule has 10 heteroatoms. The van der Waals surface area contributed by atoms with Gasteiger partial charge in [-0.3, -0.25) is 9.36 Å². The van der Waals surface area contributed by atoms with Crippen LogP contribution in [0.4, 0.5) is 0 Å². The van der Waals surface area contributed by atoms with E-state index in [1.807, 2.05) is 68.4 Å². The van der Waals surface area contributed by atoms with Gasteiger partial charge in [-0.2, -0.15) is 0 Å². The number of rotatable bonds is 10. The Kier molecular flexibility index (Phi) is 9.09. The first-order valence-corrected chi connectivity index (χ1v) is 14.6. The number of carbonyl (C=O) groups is 1. The van der Waals surface area contributed by atoms with Gasteiger partial charge in [-0.15, -0.1) is 0 Å². The molecule has 0 amide bonds. The molecule has 0 aliphatic carbocycles. The predicted molar refractivity (Wildman–Crippen MR) is 162 cm³/mol. The number of benzene rings is 3. The molecule has 5 rings (SSSR count). The Hall–Kier alpha value is -4.34. The summed E-state index contributed by atoms with van der Waals surface area (Å²) in [4.78, 5) is 31.6. The second-order valence-corrected chi connectivity index (χ2v) is 10.7. The smallest absolute Gasteiger partial charge is 0.337 e. The van der Waals surface area contributed by atoms with Crippen molar-refractivity contribution in [1.82, 2.24) is 4.57 Å². The fourth-order valence-electron chi connectivity index (χ4n) is 4.58. The quantitative estimate of drug-likeness (QED) is 0.236. The van der Waals surface area contributed by atoms with Crippen molar-refractivity contribution in [3.8, 4) is 17.2 Å². The van der Waals surface area contributed by atoms with Gasteiger partial charge < -0.3 is 18.9 Å². The van der Waals surface area contributed by atoms with Gasteiger partial charge in [0.2, 0.25) is 0 Å². The molecule has 1 aliphatic heterocycles. The van der Waals surface area contributed by atoms with Gasteiger partial charge in [-0.05, 0) is 73.0 Å². The molecule has 2 heterocycles. The molecule has 0 N–H and O–H groups in total. The van der Waals surface area contributed by atoms with Crippen LogP contribution in [0, 0.1) is 0 Å². The van der Waals surface area contributed by atoms with Gasteiger partial charge in [-0.1, -0.05) is 53.3 Å². The van der Waals surface area contributed by atoms with Crippen LogP contribution in [-0.4, -0.2) is 30.9 Å². The number of esters is 1. The molecule has 3 aromatic carbocycles. The maximum atomic E-state index is 13.9. The minimum atomic E-state index is -0.764. The maximum Gasteiger partial charge on any atom is 0.337 e. The van der Waals surface area contributed by atoms with Crippen LogP contribution in [0.25, 0.3) is 6.08 Å². The van der Waals surface area contributed by atoms with E-state index in [9.17, 15) is 9.59 Å². The molecule has 0 fully saturated rings. The number of methoxy groups -OCH3 is 1. The van der Waals surface area contributed by atoms with Gasteiger partial charge >= 0.3 is 5.97 Å². The van der Waals surface area contributed by atoms with E-state index in [-0.39, 0.29) is 11.1 Å². The summed E-state index contributed by atoms with van der Waals surface area (Å²) in [6.45, 7) is 5.04. The largest absolute Gasteiger partial charge is 0.490 e. The van der Waals surface area contributed by atoms with Crippen LogP contribution in [0.3, 0.4) is 0 Å². The molecule has 8 nitrogen and oxygen atoms in total. The SMILES string of the molecule is CCOc1ccc([C@@H]2C(C(=O)OC)=CN=c3s/c(=C/c4cccc(OCc5ccc(Cl)cc5)c4)c(=O)n32)cc1OCC. The van der Waals surface area contributed by atoms with Crippen LogP contribution in [0.5, 0.6) is 17.2 Å². The lowest BCUT2D eigenvalue weighted by Crippen LogP contribution is -2.39. The number of aromatic nitrogens is 1. The molecular formula is C32H29ClN2O6S. The highest BCUT2D eigenvalue weighted by atomic mass is 35.5. The average Bonchev–Trinajstić information content (AvgIpc) is 3.32. The lowest BCUT2D eigenvalue weighted by molar-refractivity contribution is -0.136. The van der Waals surface area contributed by atoms with E-state index in [1.54, 1.807) is 18.2 Å². The fourth-order valence-corrected chi connectivity index (χ4v) is 5.68. The number of carbonyl (C=O) groups excluding carboxylic acids is 1. The zero-order valence-corrected chi connectivity index (χ0v) is 24.9. The fraction of sp³-hybridized carbons (Fsp3) is 0.219. The highest BCUT2D eigenvalue weighted by Gasteiger charge is 2.31. The van der Waals surface area contributed by atoms with Gasteiger partial charge in [0.15, 0.2) is 16.3 Å². The zero-order valence-electron chi connectivity index (χ0n) is 23.3. The normalized spacial score (nSPS) is 14.4. The number of hydrogen-bond donors (Lipinski definition) is 0. The van der Waals surface area contributed by atoms with Gasteiger partial charge in [0.05, 0.1) is 36.5 Å². The summed E-state index contributed by atoms with van der Waals surface area (Å²) < 4.78 is 24.5. The Morgan fingerprint density at radius 3 is 2.50 bits per heavy atom. The summed E-state index contributed by atoms with van der Waals surface area (Å²) >= 11 is 7.22. The van der Waals surface area contributed by atoms with Crippen molar-refractivity contribution >= 4 is 35.0 Å². The van der Waals surface area contributed by atoms with E-state index in [0.717, 1.165) is 11.1 Å². The van der Waals surface area contributed by atoms with Gasteiger partial charge in [0.25, 0.3) is 5.56 Å². The summed E-state index contributed by atoms with van der Waals surface area (Å²) in [6.07, 6.45) is 3.26. The minimum Gasteiger partial charge on any atom is -0.490 e. The van der Waals surface area contributed by atoms with Crippen molar-refractivity contribution in [2.24, 2.45) is 4.99 Å². The van der Waals surface area contributed by atoms with E-state index >= 15 is 0 Å².